The van der Waals surface area contributed by atoms with E-state index >= 15 is 0 Å². The Kier molecular flexibility index (Phi) is 6.15. The van der Waals surface area contributed by atoms with Gasteiger partial charge in [0.1, 0.15) is 5.76 Å². The molecule has 0 radical (unpaired) electrons. The molecule has 0 spiro atoms. The summed E-state index contributed by atoms with van der Waals surface area (Å²) in [5.74, 6) is -1.82. The molecule has 0 bridgehead atoms. The molecule has 2 N–H and O–H groups in total. The molecule has 0 saturated carbocycles. The van der Waals surface area contributed by atoms with E-state index in [9.17, 15) is 19.8 Å². The lowest BCUT2D eigenvalue weighted by molar-refractivity contribution is -0.132. The van der Waals surface area contributed by atoms with Gasteiger partial charge >= 0.3 is 5.91 Å². The number of rotatable bonds is 5. The van der Waals surface area contributed by atoms with E-state index in [1.165, 1.54) is 22.3 Å². The lowest BCUT2D eigenvalue weighted by Crippen LogP contribution is -2.29. The maximum atomic E-state index is 13.4. The Morgan fingerprint density at radius 2 is 1.86 bits per heavy atom. The number of nitrogens with zero attached hydrogens (tertiary/aromatic N) is 2. The number of aryl methyl sites for hydroxylation is 1. The van der Waals surface area contributed by atoms with Crippen molar-refractivity contribution in [1.29, 1.82) is 0 Å². The maximum Gasteiger partial charge on any atom is 0.301 e. The summed E-state index contributed by atoms with van der Waals surface area (Å²) in [6, 6.07) is 15.8. The number of Topliss-reactive ketones (excluding diaryl/α,β-unsaturated/α-hetero) is 1. The maximum absolute atomic E-state index is 13.4. The van der Waals surface area contributed by atoms with Gasteiger partial charge in [-0.25, -0.2) is 4.98 Å². The number of halogens is 1. The van der Waals surface area contributed by atoms with Gasteiger partial charge in [0.05, 0.1) is 28.4 Å². The van der Waals surface area contributed by atoms with Crippen LogP contribution in [0.4, 0.5) is 5.13 Å². The van der Waals surface area contributed by atoms with E-state index in [-0.39, 0.29) is 28.0 Å². The Bertz CT molecular complexity index is 1540. The van der Waals surface area contributed by atoms with Crippen molar-refractivity contribution in [2.24, 2.45) is 0 Å². The molecule has 7 nitrogen and oxygen atoms in total. The average molecular weight is 521 g/mol. The summed E-state index contributed by atoms with van der Waals surface area (Å²) in [6.07, 6.45) is 0. The van der Waals surface area contributed by atoms with Gasteiger partial charge in [-0.2, -0.15) is 0 Å². The summed E-state index contributed by atoms with van der Waals surface area (Å²) in [6.45, 7) is 3.99. The van der Waals surface area contributed by atoms with Gasteiger partial charge in [-0.15, -0.1) is 0 Å². The average Bonchev–Trinajstić information content (AvgIpc) is 3.38. The molecule has 3 aromatic carbocycles. The first-order chi connectivity index (χ1) is 17.3. The van der Waals surface area contributed by atoms with Crippen molar-refractivity contribution in [3.63, 3.8) is 0 Å². The van der Waals surface area contributed by atoms with E-state index in [1.807, 2.05) is 19.1 Å². The number of fused-ring (bicyclic) bond motifs is 1. The highest BCUT2D eigenvalue weighted by atomic mass is 35.5. The molecule has 1 unspecified atom stereocenters. The Labute approximate surface area is 215 Å². The summed E-state index contributed by atoms with van der Waals surface area (Å²) in [5, 5.41) is 22.3. The zero-order chi connectivity index (χ0) is 25.6. The summed E-state index contributed by atoms with van der Waals surface area (Å²) < 4.78 is 6.29. The van der Waals surface area contributed by atoms with E-state index in [0.717, 1.165) is 10.3 Å². The monoisotopic (exact) mass is 520 g/mol. The third-order valence-corrected chi connectivity index (χ3v) is 7.17. The van der Waals surface area contributed by atoms with Crippen LogP contribution in [0.2, 0.25) is 5.02 Å². The van der Waals surface area contributed by atoms with Gasteiger partial charge in [0.2, 0.25) is 0 Å². The minimum atomic E-state index is -0.998. The fraction of sp³-hybridized carbons (Fsp3) is 0.148. The molecule has 4 aromatic rings. The molecule has 1 aliphatic rings. The van der Waals surface area contributed by atoms with Gasteiger partial charge in [-0.05, 0) is 49.7 Å². The van der Waals surface area contributed by atoms with Crippen molar-refractivity contribution in [2.75, 3.05) is 11.5 Å². The van der Waals surface area contributed by atoms with Crippen molar-refractivity contribution in [2.45, 2.75) is 19.9 Å². The third-order valence-electron chi connectivity index (χ3n) is 5.91. The van der Waals surface area contributed by atoms with Crippen LogP contribution in [0.3, 0.4) is 0 Å². The van der Waals surface area contributed by atoms with Gasteiger partial charge in [0.25, 0.3) is 5.78 Å². The molecule has 1 fully saturated rings. The molecule has 1 aromatic heterocycles. The molecular weight excluding hydrogens is 500 g/mol. The van der Waals surface area contributed by atoms with Crippen molar-refractivity contribution in [3.05, 3.63) is 87.9 Å². The number of carbonyl (C=O) groups excluding carboxylic acids is 2. The van der Waals surface area contributed by atoms with Gasteiger partial charge in [-0.1, -0.05) is 58.8 Å². The van der Waals surface area contributed by atoms with Gasteiger partial charge in [0.15, 0.2) is 16.6 Å². The molecule has 5 rings (SSSR count). The second-order valence-corrected chi connectivity index (χ2v) is 9.75. The standard InChI is InChI=1S/C27H21ClN2O5S/c1-3-35-20-12-16(8-11-19(20)31)23-22(24(32)15-6-4-14(2)5-7-15)25(33)26(34)30(23)27-29-18-10-9-17(28)13-21(18)36-27/h4-13,23,31-32H,3H2,1-2H3. The number of hydrogen-bond donors (Lipinski definition) is 2. The van der Waals surface area contributed by atoms with Crippen LogP contribution in [-0.2, 0) is 9.59 Å². The number of aliphatic hydroxyl groups is 1. The van der Waals surface area contributed by atoms with Crippen LogP contribution in [0.25, 0.3) is 16.0 Å². The number of phenols is 1. The van der Waals surface area contributed by atoms with E-state index < -0.39 is 17.7 Å². The van der Waals surface area contributed by atoms with Crippen molar-refractivity contribution < 1.29 is 24.5 Å². The van der Waals surface area contributed by atoms with E-state index in [4.69, 9.17) is 16.3 Å². The second-order valence-electron chi connectivity index (χ2n) is 8.30. The zero-order valence-corrected chi connectivity index (χ0v) is 20.9. The highest BCUT2D eigenvalue weighted by molar-refractivity contribution is 7.22. The number of ether oxygens (including phenoxy) is 1. The highest BCUT2D eigenvalue weighted by Gasteiger charge is 2.48. The summed E-state index contributed by atoms with van der Waals surface area (Å²) in [7, 11) is 0. The molecule has 1 aliphatic heterocycles. The number of benzene rings is 3. The number of aliphatic hydroxyl groups excluding tert-OH is 1. The third kappa shape index (κ3) is 4.08. The molecule has 9 heteroatoms. The fourth-order valence-electron chi connectivity index (χ4n) is 4.17. The SMILES string of the molecule is CCOc1cc(C2C(=C(O)c3ccc(C)cc3)C(=O)C(=O)N2c2nc3ccc(Cl)cc3s2)ccc1O. The quantitative estimate of drug-likeness (QED) is 0.190. The predicted molar refractivity (Wildman–Crippen MR) is 140 cm³/mol. The molecule has 2 heterocycles. The predicted octanol–water partition coefficient (Wildman–Crippen LogP) is 5.99. The topological polar surface area (TPSA) is 100.0 Å². The number of aromatic nitrogens is 1. The number of hydrogen-bond acceptors (Lipinski definition) is 7. The second kappa shape index (κ2) is 9.29. The van der Waals surface area contributed by atoms with Gasteiger partial charge in [-0.3, -0.25) is 14.5 Å². The number of ketones is 1. The van der Waals surface area contributed by atoms with E-state index in [2.05, 4.69) is 4.98 Å². The van der Waals surface area contributed by atoms with Crippen molar-refractivity contribution in [1.82, 2.24) is 4.98 Å². The highest BCUT2D eigenvalue weighted by Crippen LogP contribution is 2.46. The number of thiazole rings is 1. The Morgan fingerprint density at radius 3 is 2.58 bits per heavy atom. The minimum absolute atomic E-state index is 0.0747. The zero-order valence-electron chi connectivity index (χ0n) is 19.4. The van der Waals surface area contributed by atoms with Crippen LogP contribution in [0.5, 0.6) is 11.5 Å². The molecule has 1 atom stereocenters. The number of phenolic OH excluding ortho intramolecular Hbond substituents is 1. The molecule has 36 heavy (non-hydrogen) atoms. The Hall–Kier alpha value is -3.88. The lowest BCUT2D eigenvalue weighted by Gasteiger charge is -2.23. The van der Waals surface area contributed by atoms with Crippen LogP contribution < -0.4 is 9.64 Å². The Morgan fingerprint density at radius 1 is 1.11 bits per heavy atom. The number of amides is 1. The smallest absolute Gasteiger partial charge is 0.301 e. The minimum Gasteiger partial charge on any atom is -0.507 e. The first-order valence-electron chi connectivity index (χ1n) is 11.2. The van der Waals surface area contributed by atoms with Gasteiger partial charge in [0, 0.05) is 10.6 Å². The molecular formula is C27H21ClN2O5S. The summed E-state index contributed by atoms with van der Waals surface area (Å²) >= 11 is 7.35. The van der Waals surface area contributed by atoms with Crippen LogP contribution >= 0.6 is 22.9 Å². The van der Waals surface area contributed by atoms with Gasteiger partial charge < -0.3 is 14.9 Å². The number of aromatic hydroxyl groups is 1. The van der Waals surface area contributed by atoms with Crippen molar-refractivity contribution >= 4 is 55.7 Å². The van der Waals surface area contributed by atoms with Crippen LogP contribution in [0.1, 0.15) is 29.7 Å². The van der Waals surface area contributed by atoms with Crippen LogP contribution in [0.15, 0.2) is 66.2 Å². The van der Waals surface area contributed by atoms with Crippen LogP contribution in [-0.4, -0.2) is 33.5 Å². The summed E-state index contributed by atoms with van der Waals surface area (Å²) in [4.78, 5) is 32.6. The molecule has 182 valence electrons. The summed E-state index contributed by atoms with van der Waals surface area (Å²) in [5.41, 5.74) is 2.41. The number of anilines is 1. The normalized spacial score (nSPS) is 17.2. The first-order valence-corrected chi connectivity index (χ1v) is 12.4. The first kappa shape index (κ1) is 23.8. The molecule has 0 aliphatic carbocycles. The fourth-order valence-corrected chi connectivity index (χ4v) is 5.44. The number of carbonyl (C=O) groups is 2. The van der Waals surface area contributed by atoms with Crippen molar-refractivity contribution in [3.8, 4) is 11.5 Å². The lowest BCUT2D eigenvalue weighted by atomic mass is 9.95. The largest absolute Gasteiger partial charge is 0.507 e. The molecule has 1 amide bonds. The van der Waals surface area contributed by atoms with E-state index in [0.29, 0.717) is 28.3 Å². The van der Waals surface area contributed by atoms with E-state index in [1.54, 1.807) is 49.4 Å². The molecule has 1 saturated heterocycles. The Balaban J connectivity index is 1.74. The van der Waals surface area contributed by atoms with Crippen LogP contribution in [0, 0.1) is 6.92 Å².